The lowest BCUT2D eigenvalue weighted by Gasteiger charge is -2.36. The van der Waals surface area contributed by atoms with Gasteiger partial charge in [-0.3, -0.25) is 0 Å². The summed E-state index contributed by atoms with van der Waals surface area (Å²) in [6.07, 6.45) is 1.39. The average Bonchev–Trinajstić information content (AvgIpc) is 3.05. The predicted molar refractivity (Wildman–Crippen MR) is 89.3 cm³/mol. The highest BCUT2D eigenvalue weighted by molar-refractivity contribution is 7.08. The molecule has 1 aromatic heterocycles. The second kappa shape index (κ2) is 7.82. The Morgan fingerprint density at radius 1 is 1.29 bits per heavy atom. The molecule has 3 nitrogen and oxygen atoms in total. The minimum Gasteiger partial charge on any atom is -0.362 e. The van der Waals surface area contributed by atoms with E-state index in [2.05, 4.69) is 46.9 Å². The van der Waals surface area contributed by atoms with Crippen molar-refractivity contribution in [3.05, 3.63) is 52.7 Å². The molecule has 2 atom stereocenters. The van der Waals surface area contributed by atoms with Crippen molar-refractivity contribution in [3.63, 3.8) is 0 Å². The second-order valence-corrected chi connectivity index (χ2v) is 5.79. The van der Waals surface area contributed by atoms with Gasteiger partial charge in [-0.1, -0.05) is 25.1 Å². The Morgan fingerprint density at radius 2 is 2.05 bits per heavy atom. The quantitative estimate of drug-likeness (QED) is 0.842. The molecule has 110 valence electrons. The molecule has 0 saturated carbocycles. The monoisotopic (exact) mass is 299 g/mol. The van der Waals surface area contributed by atoms with Crippen molar-refractivity contribution < 1.29 is 0 Å². The Bertz CT molecular complexity index is 559. The van der Waals surface area contributed by atoms with Crippen LogP contribution in [-0.2, 0) is 0 Å². The first-order valence-electron chi connectivity index (χ1n) is 7.24. The molecule has 0 aliphatic heterocycles. The van der Waals surface area contributed by atoms with E-state index < -0.39 is 0 Å². The maximum Gasteiger partial charge on any atom is 0.0701 e. The first-order valence-corrected chi connectivity index (χ1v) is 8.18. The molecule has 2 unspecified atom stereocenters. The van der Waals surface area contributed by atoms with Gasteiger partial charge in [0.1, 0.15) is 0 Å². The molecule has 4 heteroatoms. The molecule has 0 aliphatic rings. The highest BCUT2D eigenvalue weighted by atomic mass is 32.1. The first-order chi connectivity index (χ1) is 10.3. The topological polar surface area (TPSA) is 53.0 Å². The van der Waals surface area contributed by atoms with Crippen LogP contribution in [0.3, 0.4) is 0 Å². The highest BCUT2D eigenvalue weighted by Gasteiger charge is 2.26. The van der Waals surface area contributed by atoms with Gasteiger partial charge in [-0.05, 0) is 40.9 Å². The summed E-state index contributed by atoms with van der Waals surface area (Å²) in [6, 6.07) is 14.7. The lowest BCUT2D eigenvalue weighted by atomic mass is 9.97. The summed E-state index contributed by atoms with van der Waals surface area (Å²) in [6.45, 7) is 2.80. The Kier molecular flexibility index (Phi) is 5.79. The van der Waals surface area contributed by atoms with Gasteiger partial charge >= 0.3 is 0 Å². The summed E-state index contributed by atoms with van der Waals surface area (Å²) in [5.74, 6) is 0. The molecule has 1 aromatic carbocycles. The van der Waals surface area contributed by atoms with E-state index in [-0.39, 0.29) is 12.1 Å². The third kappa shape index (κ3) is 3.84. The summed E-state index contributed by atoms with van der Waals surface area (Å²) in [5.41, 5.74) is 8.75. The van der Waals surface area contributed by atoms with E-state index in [0.717, 1.165) is 12.1 Å². The minimum absolute atomic E-state index is 0.0403. The molecule has 0 amide bonds. The zero-order chi connectivity index (χ0) is 15.1. The van der Waals surface area contributed by atoms with Crippen molar-refractivity contribution >= 4 is 17.0 Å². The maximum absolute atomic E-state index is 8.96. The van der Waals surface area contributed by atoms with Gasteiger partial charge in [0.2, 0.25) is 0 Å². The van der Waals surface area contributed by atoms with E-state index in [0.29, 0.717) is 13.0 Å². The predicted octanol–water partition coefficient (Wildman–Crippen LogP) is 3.95. The van der Waals surface area contributed by atoms with Crippen molar-refractivity contribution in [2.75, 3.05) is 11.4 Å². The van der Waals surface area contributed by atoms with Crippen LogP contribution in [0.5, 0.6) is 0 Å². The summed E-state index contributed by atoms with van der Waals surface area (Å²) < 4.78 is 0. The van der Waals surface area contributed by atoms with Gasteiger partial charge in [0.15, 0.2) is 0 Å². The number of nitrogens with two attached hydrogens (primary N) is 1. The molecule has 0 spiro atoms. The van der Waals surface area contributed by atoms with Gasteiger partial charge < -0.3 is 10.6 Å². The summed E-state index contributed by atoms with van der Waals surface area (Å²) in [4.78, 5) is 2.26. The van der Waals surface area contributed by atoms with Crippen molar-refractivity contribution in [2.45, 2.75) is 31.8 Å². The van der Waals surface area contributed by atoms with Crippen LogP contribution in [0.4, 0.5) is 5.69 Å². The normalized spacial score (nSPS) is 13.4. The fourth-order valence-electron chi connectivity index (χ4n) is 2.54. The van der Waals surface area contributed by atoms with Crippen LogP contribution in [-0.4, -0.2) is 12.6 Å². The summed E-state index contributed by atoms with van der Waals surface area (Å²) in [5, 5.41) is 13.2. The van der Waals surface area contributed by atoms with Gasteiger partial charge in [-0.25, -0.2) is 0 Å². The molecule has 21 heavy (non-hydrogen) atoms. The number of hydrogen-bond donors (Lipinski definition) is 1. The van der Waals surface area contributed by atoms with Crippen LogP contribution < -0.4 is 10.6 Å². The standard InChI is InChI=1S/C17H21N3S/c1-2-16(19)17(14-9-12-21-13-14)20(11-6-10-18)15-7-4-3-5-8-15/h3-5,7-9,12-13,16-17H,2,6,11,19H2,1H3. The second-order valence-electron chi connectivity index (χ2n) is 5.01. The molecule has 0 fully saturated rings. The fourth-order valence-corrected chi connectivity index (χ4v) is 3.23. The van der Waals surface area contributed by atoms with Crippen molar-refractivity contribution in [3.8, 4) is 6.07 Å². The number of para-hydroxylation sites is 1. The van der Waals surface area contributed by atoms with Gasteiger partial charge in [-0.2, -0.15) is 16.6 Å². The largest absolute Gasteiger partial charge is 0.362 e. The van der Waals surface area contributed by atoms with Gasteiger partial charge in [0.25, 0.3) is 0 Å². The number of benzene rings is 1. The molecular formula is C17H21N3S. The minimum atomic E-state index is 0.0403. The van der Waals surface area contributed by atoms with Crippen molar-refractivity contribution in [1.82, 2.24) is 0 Å². The fraction of sp³-hybridized carbons (Fsp3) is 0.353. The molecule has 2 rings (SSSR count). The number of anilines is 1. The number of thiophene rings is 1. The molecule has 2 N–H and O–H groups in total. The van der Waals surface area contributed by atoms with Crippen LogP contribution in [0.1, 0.15) is 31.4 Å². The molecular weight excluding hydrogens is 278 g/mol. The molecule has 2 aromatic rings. The summed E-state index contributed by atoms with van der Waals surface area (Å²) in [7, 11) is 0. The molecule has 0 saturated heterocycles. The van der Waals surface area contributed by atoms with Crippen molar-refractivity contribution in [2.24, 2.45) is 5.73 Å². The third-order valence-corrected chi connectivity index (χ3v) is 4.35. The van der Waals surface area contributed by atoms with E-state index >= 15 is 0 Å². The van der Waals surface area contributed by atoms with Crippen LogP contribution >= 0.6 is 11.3 Å². The Labute approximate surface area is 130 Å². The Morgan fingerprint density at radius 3 is 2.62 bits per heavy atom. The third-order valence-electron chi connectivity index (χ3n) is 3.65. The lowest BCUT2D eigenvalue weighted by Crippen LogP contribution is -2.41. The molecule has 0 radical (unpaired) electrons. The number of hydrogen-bond acceptors (Lipinski definition) is 4. The molecule has 1 heterocycles. The van der Waals surface area contributed by atoms with Crippen LogP contribution in [0.25, 0.3) is 0 Å². The van der Waals surface area contributed by atoms with E-state index in [4.69, 9.17) is 11.0 Å². The van der Waals surface area contributed by atoms with E-state index in [1.54, 1.807) is 11.3 Å². The van der Waals surface area contributed by atoms with E-state index in [9.17, 15) is 0 Å². The van der Waals surface area contributed by atoms with Crippen LogP contribution in [0.2, 0.25) is 0 Å². The smallest absolute Gasteiger partial charge is 0.0701 e. The SMILES string of the molecule is CCC(N)C(c1ccsc1)N(CCC#N)c1ccccc1. The van der Waals surface area contributed by atoms with E-state index in [1.807, 2.05) is 18.2 Å². The van der Waals surface area contributed by atoms with Gasteiger partial charge in [0, 0.05) is 18.3 Å². The Hall–Kier alpha value is -1.83. The average molecular weight is 299 g/mol. The number of rotatable bonds is 7. The van der Waals surface area contributed by atoms with Crippen LogP contribution in [0.15, 0.2) is 47.2 Å². The van der Waals surface area contributed by atoms with Gasteiger partial charge in [0.05, 0.1) is 18.5 Å². The van der Waals surface area contributed by atoms with Gasteiger partial charge in [-0.15, -0.1) is 0 Å². The lowest BCUT2D eigenvalue weighted by molar-refractivity contribution is 0.492. The molecule has 0 aliphatic carbocycles. The Balaban J connectivity index is 2.38. The molecule has 0 bridgehead atoms. The zero-order valence-corrected chi connectivity index (χ0v) is 13.1. The highest BCUT2D eigenvalue weighted by Crippen LogP contribution is 2.31. The maximum atomic E-state index is 8.96. The summed E-state index contributed by atoms with van der Waals surface area (Å²) >= 11 is 1.69. The number of nitrogens with zero attached hydrogens (tertiary/aromatic N) is 2. The van der Waals surface area contributed by atoms with Crippen molar-refractivity contribution in [1.29, 1.82) is 5.26 Å². The van der Waals surface area contributed by atoms with Crippen LogP contribution in [0, 0.1) is 11.3 Å². The number of nitriles is 1. The zero-order valence-electron chi connectivity index (χ0n) is 12.3. The van der Waals surface area contributed by atoms with E-state index in [1.165, 1.54) is 5.56 Å². The first kappa shape index (κ1) is 15.6.